The summed E-state index contributed by atoms with van der Waals surface area (Å²) in [5, 5.41) is 0. The largest absolute Gasteiger partial charge is 0.463 e. The van der Waals surface area contributed by atoms with Gasteiger partial charge in [-0.3, -0.25) is 19.2 Å². The zero-order valence-corrected chi connectivity index (χ0v) is 38.6. The lowest BCUT2D eigenvalue weighted by atomic mass is 9.76. The van der Waals surface area contributed by atoms with Gasteiger partial charge in [0.2, 0.25) is 5.60 Å². The summed E-state index contributed by atoms with van der Waals surface area (Å²) in [6.07, 6.45) is 5.65. The smallest absolute Gasteiger partial charge is 0.379 e. The molecule has 0 amide bonds. The van der Waals surface area contributed by atoms with Crippen LogP contribution in [0.1, 0.15) is 90.0 Å². The first-order valence-electron chi connectivity index (χ1n) is 22.3. The Labute approximate surface area is 401 Å². The molecule has 0 saturated carbocycles. The number of Topliss-reactive ketones (excluding diaryl/α,β-unsaturated/α-hetero) is 1. The van der Waals surface area contributed by atoms with Crippen molar-refractivity contribution in [1.82, 2.24) is 0 Å². The van der Waals surface area contributed by atoms with Crippen LogP contribution in [0.15, 0.2) is 188 Å². The number of benzene rings is 6. The Morgan fingerprint density at radius 2 is 1.00 bits per heavy atom. The van der Waals surface area contributed by atoms with Gasteiger partial charge in [0.15, 0.2) is 0 Å². The standard InChI is InChI=1S/C19H18O4.C18H18O2.C10H10O3.C9H8O.CO2/c1-2-22-18(21)19(15-11-7-4-8-12-15)16(13-17(20)23-19)14-9-5-3-6-10-14;1-2-18(15-11-7-4-8-12-15)16(13-17(19)20-18)14-9-5-3-6-10-14;1-2-13-10(12)9(11)8-6-4-3-5-7-8;10-8-4-7-9-5-2-1-3-6-9;2-1-3/h3-12,16H,2,13H2,1H3;3-12,16H,2,13H2,1H3;3-7H,2H2,1H3;1-8H;/b;;;7-4+;/t16-,19-;16-,18+;;;/m00.../s1. The molecule has 2 heterocycles. The van der Waals surface area contributed by atoms with Crippen LogP contribution < -0.4 is 0 Å². The number of esters is 4. The lowest BCUT2D eigenvalue weighted by molar-refractivity contribution is -0.191. The summed E-state index contributed by atoms with van der Waals surface area (Å²) >= 11 is 0. The van der Waals surface area contributed by atoms with Crippen molar-refractivity contribution in [3.63, 3.8) is 0 Å². The van der Waals surface area contributed by atoms with Crippen LogP contribution in [0.5, 0.6) is 0 Å². The molecular formula is C57H54O12. The minimum atomic E-state index is -1.42. The Hall–Kier alpha value is -8.34. The molecular weight excluding hydrogens is 877 g/mol. The number of cyclic esters (lactones) is 2. The molecule has 2 aliphatic rings. The van der Waals surface area contributed by atoms with Gasteiger partial charge in [0.05, 0.1) is 26.1 Å². The van der Waals surface area contributed by atoms with E-state index in [2.05, 4.69) is 35.9 Å². The Morgan fingerprint density at radius 1 is 0.580 bits per heavy atom. The zero-order chi connectivity index (χ0) is 49.9. The molecule has 0 N–H and O–H groups in total. The van der Waals surface area contributed by atoms with Gasteiger partial charge in [0, 0.05) is 23.0 Å². The highest BCUT2D eigenvalue weighted by molar-refractivity contribution is 6.40. The van der Waals surface area contributed by atoms with E-state index in [0.717, 1.165) is 29.4 Å². The average molecular weight is 931 g/mol. The SMILES string of the molecule is CCOC(=O)C(=O)c1ccccc1.CCOC(=O)[C@@]1(c2ccccc2)OC(=O)C[C@H]1c1ccccc1.CC[C@]1(c2ccccc2)OC(=O)C[C@H]1c1ccccc1.O=C/C=C/c1ccccc1.O=C=O. The number of carbonyl (C=O) groups excluding carboxylic acids is 8. The van der Waals surface area contributed by atoms with E-state index in [9.17, 15) is 28.8 Å². The first-order chi connectivity index (χ1) is 33.5. The molecule has 6 aromatic carbocycles. The second-order valence-corrected chi connectivity index (χ2v) is 15.1. The van der Waals surface area contributed by atoms with Crippen molar-refractivity contribution in [2.45, 2.75) is 63.1 Å². The van der Waals surface area contributed by atoms with Crippen LogP contribution in [0.4, 0.5) is 0 Å². The summed E-state index contributed by atoms with van der Waals surface area (Å²) in [4.78, 5) is 85.2. The van der Waals surface area contributed by atoms with Gasteiger partial charge in [-0.15, -0.1) is 0 Å². The van der Waals surface area contributed by atoms with Gasteiger partial charge in [0.1, 0.15) is 11.9 Å². The van der Waals surface area contributed by atoms with Gasteiger partial charge < -0.3 is 18.9 Å². The van der Waals surface area contributed by atoms with Gasteiger partial charge in [-0.05, 0) is 48.6 Å². The van der Waals surface area contributed by atoms with E-state index in [4.69, 9.17) is 23.8 Å². The summed E-state index contributed by atoms with van der Waals surface area (Å²) in [7, 11) is 0. The molecule has 0 unspecified atom stereocenters. The second-order valence-electron chi connectivity index (χ2n) is 15.1. The van der Waals surface area contributed by atoms with Gasteiger partial charge >= 0.3 is 30.0 Å². The van der Waals surface area contributed by atoms with E-state index in [1.54, 1.807) is 62.4 Å². The minimum Gasteiger partial charge on any atom is -0.463 e. The number of allylic oxidation sites excluding steroid dienone is 1. The van der Waals surface area contributed by atoms with Crippen LogP contribution in [-0.2, 0) is 63.7 Å². The highest BCUT2D eigenvalue weighted by atomic mass is 16.6. The van der Waals surface area contributed by atoms with Crippen LogP contribution in [0.3, 0.4) is 0 Å². The highest BCUT2D eigenvalue weighted by Crippen LogP contribution is 2.50. The van der Waals surface area contributed by atoms with E-state index >= 15 is 0 Å². The molecule has 12 heteroatoms. The second kappa shape index (κ2) is 28.0. The highest BCUT2D eigenvalue weighted by Gasteiger charge is 2.58. The van der Waals surface area contributed by atoms with Gasteiger partial charge in [-0.1, -0.05) is 195 Å². The molecule has 4 atom stereocenters. The number of carbonyl (C=O) groups is 6. The van der Waals surface area contributed by atoms with E-state index in [1.165, 1.54) is 11.6 Å². The molecule has 69 heavy (non-hydrogen) atoms. The Morgan fingerprint density at radius 3 is 1.48 bits per heavy atom. The Balaban J connectivity index is 0.000000205. The van der Waals surface area contributed by atoms with E-state index in [1.807, 2.05) is 115 Å². The third-order valence-electron chi connectivity index (χ3n) is 11.0. The van der Waals surface area contributed by atoms with Crippen LogP contribution >= 0.6 is 0 Å². The van der Waals surface area contributed by atoms with Crippen LogP contribution in [0.2, 0.25) is 0 Å². The first-order valence-corrected chi connectivity index (χ1v) is 22.3. The van der Waals surface area contributed by atoms with Gasteiger partial charge in [0.25, 0.3) is 5.78 Å². The molecule has 2 saturated heterocycles. The van der Waals surface area contributed by atoms with Crippen LogP contribution in [0.25, 0.3) is 6.08 Å². The maximum absolute atomic E-state index is 12.8. The van der Waals surface area contributed by atoms with E-state index < -0.39 is 40.8 Å². The normalized spacial score (nSPS) is 18.5. The number of ketones is 1. The van der Waals surface area contributed by atoms with Gasteiger partial charge in [-0.25, -0.2) is 9.59 Å². The number of hydrogen-bond acceptors (Lipinski definition) is 12. The summed E-state index contributed by atoms with van der Waals surface area (Å²) in [5.41, 5.74) is 3.24. The monoisotopic (exact) mass is 930 g/mol. The van der Waals surface area contributed by atoms with E-state index in [-0.39, 0.29) is 37.7 Å². The topological polar surface area (TPSA) is 173 Å². The molecule has 0 bridgehead atoms. The molecule has 0 radical (unpaired) electrons. The first kappa shape index (κ1) is 53.3. The van der Waals surface area contributed by atoms with Crippen molar-refractivity contribution in [2.75, 3.05) is 13.2 Å². The van der Waals surface area contributed by atoms with Crippen molar-refractivity contribution in [1.29, 1.82) is 0 Å². The maximum Gasteiger partial charge on any atom is 0.379 e. The number of rotatable bonds is 12. The average Bonchev–Trinajstić information content (AvgIpc) is 3.95. The van der Waals surface area contributed by atoms with Crippen LogP contribution in [-0.4, -0.2) is 55.3 Å². The molecule has 12 nitrogen and oxygen atoms in total. The quantitative estimate of drug-likeness (QED) is 0.0284. The summed E-state index contributed by atoms with van der Waals surface area (Å²) in [6, 6.07) is 56.9. The third kappa shape index (κ3) is 14.6. The van der Waals surface area contributed by atoms with Crippen molar-refractivity contribution >= 4 is 48.2 Å². The van der Waals surface area contributed by atoms with Gasteiger partial charge in [-0.2, -0.15) is 9.59 Å². The number of hydrogen-bond donors (Lipinski definition) is 0. The van der Waals surface area contributed by atoms with E-state index in [0.29, 0.717) is 17.5 Å². The Kier molecular flexibility index (Phi) is 21.6. The predicted octanol–water partition coefficient (Wildman–Crippen LogP) is 9.95. The molecule has 2 aliphatic heterocycles. The lowest BCUT2D eigenvalue weighted by Crippen LogP contribution is -2.41. The fourth-order valence-electron chi connectivity index (χ4n) is 7.97. The summed E-state index contributed by atoms with van der Waals surface area (Å²) < 4.78 is 21.3. The van der Waals surface area contributed by atoms with Crippen molar-refractivity contribution in [2.24, 2.45) is 0 Å². The lowest BCUT2D eigenvalue weighted by Gasteiger charge is -2.33. The molecule has 6 aromatic rings. The minimum absolute atomic E-state index is 0.0867. The molecule has 0 aromatic heterocycles. The van der Waals surface area contributed by atoms with Crippen LogP contribution in [0, 0.1) is 0 Å². The predicted molar refractivity (Wildman–Crippen MR) is 257 cm³/mol. The third-order valence-corrected chi connectivity index (χ3v) is 11.0. The Bertz CT molecular complexity index is 2600. The van der Waals surface area contributed by atoms with Crippen molar-refractivity contribution in [3.8, 4) is 0 Å². The van der Waals surface area contributed by atoms with Crippen molar-refractivity contribution < 1.29 is 57.3 Å². The fourth-order valence-corrected chi connectivity index (χ4v) is 7.97. The number of aldehydes is 1. The molecule has 354 valence electrons. The molecule has 0 aliphatic carbocycles. The van der Waals surface area contributed by atoms with Crippen molar-refractivity contribution in [3.05, 3.63) is 221 Å². The molecule has 8 rings (SSSR count). The number of ether oxygens (including phenoxy) is 4. The molecule has 2 fully saturated rings. The fraction of sp³-hybridized carbons (Fsp3) is 0.211. The molecule has 0 spiro atoms. The summed E-state index contributed by atoms with van der Waals surface area (Å²) in [6.45, 7) is 5.94. The zero-order valence-electron chi connectivity index (χ0n) is 38.6. The summed E-state index contributed by atoms with van der Waals surface area (Å²) in [5.74, 6) is -2.73. The maximum atomic E-state index is 12.8.